The number of carbonyl (C=O) groups is 1. The molecule has 1 aliphatic rings. The average Bonchev–Trinajstić information content (AvgIpc) is 2.66. The smallest absolute Gasteiger partial charge is 0.267 e. The number of hydrogen-bond acceptors (Lipinski definition) is 6. The molecule has 0 spiro atoms. The van der Waals surface area contributed by atoms with E-state index in [1.807, 2.05) is 16.7 Å². The molecular weight excluding hydrogens is 292 g/mol. The molecule has 1 fully saturated rings. The van der Waals surface area contributed by atoms with Gasteiger partial charge in [0, 0.05) is 29.6 Å². The second kappa shape index (κ2) is 5.81. The molecule has 112 valence electrons. The van der Waals surface area contributed by atoms with E-state index < -0.39 is 0 Å². The monoisotopic (exact) mass is 314 g/mol. The molecule has 1 aromatic rings. The third kappa shape index (κ3) is 3.79. The maximum Gasteiger partial charge on any atom is 0.267 e. The molecule has 5 nitrogen and oxygen atoms in total. The highest BCUT2D eigenvalue weighted by Gasteiger charge is 2.26. The molecule has 20 heavy (non-hydrogen) atoms. The Labute approximate surface area is 128 Å². The molecule has 1 aliphatic heterocycles. The molecular formula is C13H22N4OS2. The number of nitrogen functional groups attached to an aromatic ring is 1. The Morgan fingerprint density at radius 3 is 2.80 bits per heavy atom. The zero-order valence-corrected chi connectivity index (χ0v) is 14.0. The van der Waals surface area contributed by atoms with Crippen LogP contribution >= 0.6 is 23.1 Å². The number of aromatic nitrogens is 1. The van der Waals surface area contributed by atoms with E-state index in [0.29, 0.717) is 21.1 Å². The van der Waals surface area contributed by atoms with Crippen molar-refractivity contribution in [1.82, 2.24) is 9.88 Å². The van der Waals surface area contributed by atoms with Gasteiger partial charge in [-0.3, -0.25) is 4.79 Å². The van der Waals surface area contributed by atoms with Crippen LogP contribution in [0.15, 0.2) is 0 Å². The maximum atomic E-state index is 12.5. The van der Waals surface area contributed by atoms with E-state index >= 15 is 0 Å². The van der Waals surface area contributed by atoms with Crippen LogP contribution in [0.3, 0.4) is 0 Å². The highest BCUT2D eigenvalue weighted by Crippen LogP contribution is 2.29. The lowest BCUT2D eigenvalue weighted by atomic mass is 10.1. The number of thioether (sulfide) groups is 1. The molecule has 1 atom stereocenters. The van der Waals surface area contributed by atoms with Crippen molar-refractivity contribution in [3.63, 3.8) is 0 Å². The van der Waals surface area contributed by atoms with Gasteiger partial charge in [0.1, 0.15) is 10.7 Å². The summed E-state index contributed by atoms with van der Waals surface area (Å²) in [5.41, 5.74) is 5.81. The molecule has 2 heterocycles. The van der Waals surface area contributed by atoms with Gasteiger partial charge in [0.25, 0.3) is 5.91 Å². The lowest BCUT2D eigenvalue weighted by Crippen LogP contribution is -2.40. The first-order valence-corrected chi connectivity index (χ1v) is 8.58. The number of nitrogens with one attached hydrogen (secondary N) is 1. The molecule has 0 bridgehead atoms. The van der Waals surface area contributed by atoms with Gasteiger partial charge in [0.05, 0.1) is 0 Å². The molecule has 0 aromatic carbocycles. The Hall–Kier alpha value is -0.950. The lowest BCUT2D eigenvalue weighted by Gasteiger charge is -2.30. The molecule has 0 saturated carbocycles. The first kappa shape index (κ1) is 15.4. The van der Waals surface area contributed by atoms with Crippen molar-refractivity contribution in [2.24, 2.45) is 0 Å². The van der Waals surface area contributed by atoms with E-state index in [0.717, 1.165) is 18.8 Å². The number of anilines is 2. The Balaban J connectivity index is 2.14. The number of rotatable bonds is 2. The van der Waals surface area contributed by atoms with E-state index in [2.05, 4.69) is 38.0 Å². The predicted octanol–water partition coefficient (Wildman–Crippen LogP) is 2.51. The van der Waals surface area contributed by atoms with Crippen LogP contribution in [-0.2, 0) is 0 Å². The van der Waals surface area contributed by atoms with Crippen molar-refractivity contribution in [2.45, 2.75) is 38.5 Å². The molecule has 7 heteroatoms. The Morgan fingerprint density at radius 1 is 1.50 bits per heavy atom. The zero-order valence-electron chi connectivity index (χ0n) is 12.4. The fraction of sp³-hybridized carbons (Fsp3) is 0.692. The Bertz CT molecular complexity index is 495. The third-order valence-electron chi connectivity index (χ3n) is 2.86. The van der Waals surface area contributed by atoms with Gasteiger partial charge >= 0.3 is 0 Å². The van der Waals surface area contributed by atoms with Crippen LogP contribution in [0.25, 0.3) is 0 Å². The van der Waals surface area contributed by atoms with Gasteiger partial charge in [-0.1, -0.05) is 18.3 Å². The quantitative estimate of drug-likeness (QED) is 0.877. The molecule has 2 rings (SSSR count). The largest absolute Gasteiger partial charge is 0.382 e. The van der Waals surface area contributed by atoms with Crippen molar-refractivity contribution in [1.29, 1.82) is 0 Å². The second-order valence-corrected chi connectivity index (χ2v) is 8.59. The summed E-state index contributed by atoms with van der Waals surface area (Å²) in [5.74, 6) is 1.32. The van der Waals surface area contributed by atoms with Gasteiger partial charge in [0.15, 0.2) is 5.13 Å². The zero-order chi connectivity index (χ0) is 14.9. The molecule has 1 aromatic heterocycles. The molecule has 0 aliphatic carbocycles. The van der Waals surface area contributed by atoms with Crippen molar-refractivity contribution in [2.75, 3.05) is 29.9 Å². The number of hydrogen-bond donors (Lipinski definition) is 2. The van der Waals surface area contributed by atoms with E-state index in [1.54, 1.807) is 0 Å². The standard InChI is InChI=1S/C13H22N4OS2/c1-8-7-17(5-6-19-8)11(18)9-10(14)15-12(20-9)16-13(2,3)4/h8H,5-7,14H2,1-4H3,(H,15,16). The van der Waals surface area contributed by atoms with Crippen LogP contribution in [0.1, 0.15) is 37.4 Å². The molecule has 1 unspecified atom stereocenters. The van der Waals surface area contributed by atoms with E-state index in [9.17, 15) is 4.79 Å². The van der Waals surface area contributed by atoms with Gasteiger partial charge in [-0.05, 0) is 20.8 Å². The number of carbonyl (C=O) groups excluding carboxylic acids is 1. The van der Waals surface area contributed by atoms with Crippen molar-refractivity contribution < 1.29 is 4.79 Å². The SMILES string of the molecule is CC1CN(C(=O)c2sc(NC(C)(C)C)nc2N)CCS1. The summed E-state index contributed by atoms with van der Waals surface area (Å²) < 4.78 is 0. The van der Waals surface area contributed by atoms with Crippen LogP contribution in [0.4, 0.5) is 10.9 Å². The molecule has 0 radical (unpaired) electrons. The molecule has 1 saturated heterocycles. The first-order valence-electron chi connectivity index (χ1n) is 6.71. The van der Waals surface area contributed by atoms with Gasteiger partial charge in [-0.2, -0.15) is 11.8 Å². The first-order chi connectivity index (χ1) is 9.26. The third-order valence-corrected chi connectivity index (χ3v) is 4.97. The fourth-order valence-corrected chi connectivity index (χ4v) is 4.08. The topological polar surface area (TPSA) is 71.2 Å². The Morgan fingerprint density at radius 2 is 2.20 bits per heavy atom. The number of nitrogens with zero attached hydrogens (tertiary/aromatic N) is 2. The van der Waals surface area contributed by atoms with Crippen LogP contribution < -0.4 is 11.1 Å². The fourth-order valence-electron chi connectivity index (χ4n) is 2.01. The summed E-state index contributed by atoms with van der Waals surface area (Å²) in [6.07, 6.45) is 0. The highest BCUT2D eigenvalue weighted by atomic mass is 32.2. The minimum absolute atomic E-state index is 0.00843. The van der Waals surface area contributed by atoms with Crippen LogP contribution in [0.5, 0.6) is 0 Å². The Kier molecular flexibility index (Phi) is 4.49. The number of amides is 1. The van der Waals surface area contributed by atoms with Gasteiger partial charge in [-0.15, -0.1) is 0 Å². The summed E-state index contributed by atoms with van der Waals surface area (Å²) in [5, 5.41) is 4.45. The molecule has 1 amide bonds. The van der Waals surface area contributed by atoms with Gasteiger partial charge in [-0.25, -0.2) is 4.98 Å². The van der Waals surface area contributed by atoms with E-state index in [4.69, 9.17) is 5.73 Å². The van der Waals surface area contributed by atoms with Crippen molar-refractivity contribution in [3.05, 3.63) is 4.88 Å². The number of nitrogens with two attached hydrogens (primary N) is 1. The van der Waals surface area contributed by atoms with Gasteiger partial charge in [0.2, 0.25) is 0 Å². The van der Waals surface area contributed by atoms with E-state index in [1.165, 1.54) is 11.3 Å². The summed E-state index contributed by atoms with van der Waals surface area (Å²) in [6.45, 7) is 9.86. The average molecular weight is 314 g/mol. The maximum absolute atomic E-state index is 12.5. The van der Waals surface area contributed by atoms with Crippen LogP contribution in [0.2, 0.25) is 0 Å². The lowest BCUT2D eigenvalue weighted by molar-refractivity contribution is 0.0769. The summed E-state index contributed by atoms with van der Waals surface area (Å²) in [7, 11) is 0. The molecule has 3 N–H and O–H groups in total. The second-order valence-electron chi connectivity index (χ2n) is 6.04. The van der Waals surface area contributed by atoms with Crippen molar-refractivity contribution in [3.8, 4) is 0 Å². The van der Waals surface area contributed by atoms with E-state index in [-0.39, 0.29) is 11.4 Å². The highest BCUT2D eigenvalue weighted by molar-refractivity contribution is 7.99. The predicted molar refractivity (Wildman–Crippen MR) is 87.7 cm³/mol. The van der Waals surface area contributed by atoms with Crippen LogP contribution in [-0.4, -0.2) is 45.4 Å². The summed E-state index contributed by atoms with van der Waals surface area (Å²) in [4.78, 5) is 19.2. The minimum Gasteiger partial charge on any atom is -0.382 e. The normalized spacial score (nSPS) is 20.0. The number of thiazole rings is 1. The van der Waals surface area contributed by atoms with Crippen molar-refractivity contribution >= 4 is 40.0 Å². The van der Waals surface area contributed by atoms with Crippen LogP contribution in [0, 0.1) is 0 Å². The van der Waals surface area contributed by atoms with Gasteiger partial charge < -0.3 is 16.0 Å². The minimum atomic E-state index is -0.0963. The summed E-state index contributed by atoms with van der Waals surface area (Å²) in [6, 6.07) is 0. The summed E-state index contributed by atoms with van der Waals surface area (Å²) >= 11 is 3.25.